The minimum absolute atomic E-state index is 0.532. The highest BCUT2D eigenvalue weighted by molar-refractivity contribution is 5.09. The Labute approximate surface area is 93.1 Å². The fourth-order valence-electron chi connectivity index (χ4n) is 1.70. The van der Waals surface area contributed by atoms with E-state index in [1.807, 2.05) is 0 Å². The van der Waals surface area contributed by atoms with Gasteiger partial charge in [-0.05, 0) is 39.6 Å². The van der Waals surface area contributed by atoms with Gasteiger partial charge in [-0.3, -0.25) is 0 Å². The van der Waals surface area contributed by atoms with Crippen LogP contribution in [-0.2, 0) is 13.1 Å². The first-order chi connectivity index (χ1) is 7.11. The van der Waals surface area contributed by atoms with Crippen LogP contribution in [0.1, 0.15) is 19.4 Å². The number of hydrogen-bond acceptors (Lipinski definition) is 2. The predicted octanol–water partition coefficient (Wildman–Crippen LogP) is 1.55. The molecule has 15 heavy (non-hydrogen) atoms. The van der Waals surface area contributed by atoms with E-state index in [1.54, 1.807) is 0 Å². The number of nitrogens with zero attached hydrogens (tertiary/aromatic N) is 2. The van der Waals surface area contributed by atoms with E-state index in [0.29, 0.717) is 6.04 Å². The van der Waals surface area contributed by atoms with Crippen LogP contribution in [0.3, 0.4) is 0 Å². The van der Waals surface area contributed by atoms with Gasteiger partial charge in [-0.15, -0.1) is 0 Å². The maximum atomic E-state index is 3.51. The summed E-state index contributed by atoms with van der Waals surface area (Å²) in [6, 6.07) is 2.71. The van der Waals surface area contributed by atoms with Gasteiger partial charge in [0, 0.05) is 38.1 Å². The zero-order chi connectivity index (χ0) is 11.3. The summed E-state index contributed by atoms with van der Waals surface area (Å²) >= 11 is 0. The molecular formula is C12H23N3. The molecule has 0 bridgehead atoms. The fraction of sp³-hybridized carbons (Fsp3) is 0.667. The van der Waals surface area contributed by atoms with Crippen molar-refractivity contribution < 1.29 is 0 Å². The molecule has 0 saturated carbocycles. The third-order valence-corrected chi connectivity index (χ3v) is 2.47. The normalized spacial score (nSPS) is 13.4. The molecule has 0 spiro atoms. The van der Waals surface area contributed by atoms with Gasteiger partial charge < -0.3 is 14.8 Å². The van der Waals surface area contributed by atoms with Gasteiger partial charge in [0.05, 0.1) is 0 Å². The van der Waals surface area contributed by atoms with Crippen molar-refractivity contribution in [2.24, 2.45) is 0 Å². The first-order valence-corrected chi connectivity index (χ1v) is 5.64. The second-order valence-electron chi connectivity index (χ2n) is 4.39. The first-order valence-electron chi connectivity index (χ1n) is 5.64. The van der Waals surface area contributed by atoms with Gasteiger partial charge in [0.15, 0.2) is 0 Å². The lowest BCUT2D eigenvalue weighted by molar-refractivity contribution is 0.349. The molecule has 0 radical (unpaired) electrons. The van der Waals surface area contributed by atoms with E-state index in [1.165, 1.54) is 5.56 Å². The number of rotatable bonds is 6. The summed E-state index contributed by atoms with van der Waals surface area (Å²) in [6.07, 6.45) is 4.34. The number of likely N-dealkylation sites (N-methyl/N-ethyl adjacent to an activating group) is 1. The molecule has 0 aliphatic carbocycles. The molecule has 1 atom stereocenters. The Bertz CT molecular complexity index is 278. The van der Waals surface area contributed by atoms with Crippen LogP contribution in [-0.4, -0.2) is 36.1 Å². The van der Waals surface area contributed by atoms with E-state index in [9.17, 15) is 0 Å². The zero-order valence-electron chi connectivity index (χ0n) is 10.3. The molecule has 1 rings (SSSR count). The van der Waals surface area contributed by atoms with Crippen LogP contribution in [0.4, 0.5) is 0 Å². The SMILES string of the molecule is CCn1ccc(CNC(C)CN(C)C)c1. The monoisotopic (exact) mass is 209 g/mol. The van der Waals surface area contributed by atoms with Crippen molar-refractivity contribution >= 4 is 0 Å². The summed E-state index contributed by atoms with van der Waals surface area (Å²) in [5.41, 5.74) is 1.36. The van der Waals surface area contributed by atoms with Crippen molar-refractivity contribution in [3.05, 3.63) is 24.0 Å². The summed E-state index contributed by atoms with van der Waals surface area (Å²) < 4.78 is 2.20. The van der Waals surface area contributed by atoms with Gasteiger partial charge in [-0.2, -0.15) is 0 Å². The van der Waals surface area contributed by atoms with Crippen LogP contribution >= 0.6 is 0 Å². The average molecular weight is 209 g/mol. The van der Waals surface area contributed by atoms with E-state index >= 15 is 0 Å². The second kappa shape index (κ2) is 5.93. The van der Waals surface area contributed by atoms with Gasteiger partial charge >= 0.3 is 0 Å². The smallest absolute Gasteiger partial charge is 0.0223 e. The van der Waals surface area contributed by atoms with E-state index in [0.717, 1.165) is 19.6 Å². The molecular weight excluding hydrogens is 186 g/mol. The molecule has 3 heteroatoms. The highest BCUT2D eigenvalue weighted by Crippen LogP contribution is 2.01. The molecule has 86 valence electrons. The molecule has 1 unspecified atom stereocenters. The maximum Gasteiger partial charge on any atom is 0.0223 e. The second-order valence-corrected chi connectivity index (χ2v) is 4.39. The highest BCUT2D eigenvalue weighted by atomic mass is 15.1. The summed E-state index contributed by atoms with van der Waals surface area (Å²) in [6.45, 7) is 7.46. The van der Waals surface area contributed by atoms with Gasteiger partial charge in [-0.1, -0.05) is 0 Å². The zero-order valence-corrected chi connectivity index (χ0v) is 10.3. The molecule has 0 amide bonds. The Kier molecular flexibility index (Phi) is 4.85. The molecule has 1 aromatic heterocycles. The first kappa shape index (κ1) is 12.3. The molecule has 0 aliphatic heterocycles. The van der Waals surface area contributed by atoms with Crippen molar-refractivity contribution in [2.45, 2.75) is 33.0 Å². The predicted molar refractivity (Wildman–Crippen MR) is 65.0 cm³/mol. The molecule has 0 aliphatic rings. The van der Waals surface area contributed by atoms with Crippen LogP contribution in [0.25, 0.3) is 0 Å². The van der Waals surface area contributed by atoms with Crippen molar-refractivity contribution in [3.8, 4) is 0 Å². The van der Waals surface area contributed by atoms with Crippen molar-refractivity contribution in [2.75, 3.05) is 20.6 Å². The van der Waals surface area contributed by atoms with Crippen LogP contribution in [0, 0.1) is 0 Å². The Balaban J connectivity index is 2.30. The Morgan fingerprint density at radius 2 is 2.20 bits per heavy atom. The lowest BCUT2D eigenvalue weighted by Gasteiger charge is -2.17. The van der Waals surface area contributed by atoms with Crippen LogP contribution in [0.5, 0.6) is 0 Å². The minimum Gasteiger partial charge on any atom is -0.354 e. The van der Waals surface area contributed by atoms with E-state index in [-0.39, 0.29) is 0 Å². The van der Waals surface area contributed by atoms with Crippen LogP contribution in [0.2, 0.25) is 0 Å². The maximum absolute atomic E-state index is 3.51. The average Bonchev–Trinajstić information content (AvgIpc) is 2.61. The van der Waals surface area contributed by atoms with E-state index in [2.05, 4.69) is 61.2 Å². The third-order valence-electron chi connectivity index (χ3n) is 2.47. The van der Waals surface area contributed by atoms with Crippen LogP contribution in [0.15, 0.2) is 18.5 Å². The molecule has 1 heterocycles. The fourth-order valence-corrected chi connectivity index (χ4v) is 1.70. The molecule has 0 saturated heterocycles. The topological polar surface area (TPSA) is 20.2 Å². The number of aromatic nitrogens is 1. The van der Waals surface area contributed by atoms with E-state index < -0.39 is 0 Å². The summed E-state index contributed by atoms with van der Waals surface area (Å²) in [7, 11) is 4.21. The largest absolute Gasteiger partial charge is 0.354 e. The van der Waals surface area contributed by atoms with E-state index in [4.69, 9.17) is 0 Å². The minimum atomic E-state index is 0.532. The Morgan fingerprint density at radius 1 is 1.47 bits per heavy atom. The quantitative estimate of drug-likeness (QED) is 0.767. The number of nitrogens with one attached hydrogen (secondary N) is 1. The molecule has 0 aromatic carbocycles. The van der Waals surface area contributed by atoms with Crippen molar-refractivity contribution in [1.82, 2.24) is 14.8 Å². The van der Waals surface area contributed by atoms with Gasteiger partial charge in [-0.25, -0.2) is 0 Å². The lowest BCUT2D eigenvalue weighted by Crippen LogP contribution is -2.35. The van der Waals surface area contributed by atoms with Crippen molar-refractivity contribution in [3.63, 3.8) is 0 Å². The summed E-state index contributed by atoms with van der Waals surface area (Å²) in [5, 5.41) is 3.51. The lowest BCUT2D eigenvalue weighted by atomic mass is 10.3. The van der Waals surface area contributed by atoms with Crippen molar-refractivity contribution in [1.29, 1.82) is 0 Å². The van der Waals surface area contributed by atoms with Gasteiger partial charge in [0.2, 0.25) is 0 Å². The van der Waals surface area contributed by atoms with Gasteiger partial charge in [0.1, 0.15) is 0 Å². The molecule has 0 fully saturated rings. The number of hydrogen-bond donors (Lipinski definition) is 1. The molecule has 1 N–H and O–H groups in total. The summed E-state index contributed by atoms with van der Waals surface area (Å²) in [5.74, 6) is 0. The molecule has 3 nitrogen and oxygen atoms in total. The summed E-state index contributed by atoms with van der Waals surface area (Å²) in [4.78, 5) is 2.20. The van der Waals surface area contributed by atoms with Crippen LogP contribution < -0.4 is 5.32 Å². The Morgan fingerprint density at radius 3 is 2.73 bits per heavy atom. The number of aryl methyl sites for hydroxylation is 1. The molecule has 1 aromatic rings. The highest BCUT2D eigenvalue weighted by Gasteiger charge is 2.03. The Hall–Kier alpha value is -0.800. The standard InChI is InChI=1S/C12H23N3/c1-5-15-7-6-12(10-15)8-13-11(2)9-14(3)4/h6-7,10-11,13H,5,8-9H2,1-4H3. The van der Waals surface area contributed by atoms with Gasteiger partial charge in [0.25, 0.3) is 0 Å². The third kappa shape index (κ3) is 4.49.